The lowest BCUT2D eigenvalue weighted by Gasteiger charge is -2.17. The van der Waals surface area contributed by atoms with E-state index >= 15 is 0 Å². The number of nitrogens with zero attached hydrogens (tertiary/aromatic N) is 2. The maximum atomic E-state index is 13.4. The molecule has 0 spiro atoms. The predicted octanol–water partition coefficient (Wildman–Crippen LogP) is 4.68. The van der Waals surface area contributed by atoms with Crippen molar-refractivity contribution < 1.29 is 9.00 Å². The van der Waals surface area contributed by atoms with Crippen molar-refractivity contribution in [2.24, 2.45) is 0 Å². The smallest absolute Gasteiger partial charge is 0.253 e. The molecule has 6 heteroatoms. The van der Waals surface area contributed by atoms with E-state index in [4.69, 9.17) is 4.98 Å². The van der Waals surface area contributed by atoms with Gasteiger partial charge in [-0.3, -0.25) is 9.00 Å². The van der Waals surface area contributed by atoms with Gasteiger partial charge in [0.1, 0.15) is 0 Å². The molecule has 158 valence electrons. The van der Waals surface area contributed by atoms with Gasteiger partial charge < -0.3 is 5.32 Å². The normalized spacial score (nSPS) is 12.6. The van der Waals surface area contributed by atoms with Crippen LogP contribution in [0.15, 0.2) is 89.8 Å². The third-order valence-corrected chi connectivity index (χ3v) is 6.21. The standard InChI is InChI=1S/C26H21N3O2S/c1-32(31)25-23(26(30)28-17-20(16-27)18-10-4-2-5-11-18)21-14-8-9-15-22(21)29-24(25)19-12-6-3-7-13-19/h2-15,20H,17H2,1H3,(H,28,30). The van der Waals surface area contributed by atoms with E-state index in [9.17, 15) is 14.3 Å². The number of hydrogen-bond donors (Lipinski definition) is 1. The molecule has 2 atom stereocenters. The molecule has 1 amide bonds. The summed E-state index contributed by atoms with van der Waals surface area (Å²) < 4.78 is 12.9. The lowest BCUT2D eigenvalue weighted by molar-refractivity contribution is 0.0951. The molecular weight excluding hydrogens is 418 g/mol. The second-order valence-electron chi connectivity index (χ2n) is 7.30. The Morgan fingerprint density at radius 1 is 1.00 bits per heavy atom. The van der Waals surface area contributed by atoms with Crippen LogP contribution in [0.25, 0.3) is 22.2 Å². The number of rotatable bonds is 6. The second-order valence-corrected chi connectivity index (χ2v) is 8.62. The first kappa shape index (κ1) is 21.4. The SMILES string of the molecule is CS(=O)c1c(-c2ccccc2)nc2ccccc2c1C(=O)NCC(C#N)c1ccccc1. The third kappa shape index (κ3) is 4.29. The Morgan fingerprint density at radius 3 is 2.28 bits per heavy atom. The van der Waals surface area contributed by atoms with Gasteiger partial charge in [-0.05, 0) is 11.6 Å². The van der Waals surface area contributed by atoms with Crippen molar-refractivity contribution in [1.29, 1.82) is 5.26 Å². The van der Waals surface area contributed by atoms with Crippen LogP contribution in [0.5, 0.6) is 0 Å². The number of para-hydroxylation sites is 1. The molecule has 0 saturated heterocycles. The van der Waals surface area contributed by atoms with Crippen LogP contribution in [0.3, 0.4) is 0 Å². The summed E-state index contributed by atoms with van der Waals surface area (Å²) in [6.45, 7) is 0.145. The highest BCUT2D eigenvalue weighted by Crippen LogP contribution is 2.32. The number of amides is 1. The van der Waals surface area contributed by atoms with Crippen LogP contribution >= 0.6 is 0 Å². The summed E-state index contributed by atoms with van der Waals surface area (Å²) in [5.74, 6) is -0.861. The zero-order valence-electron chi connectivity index (χ0n) is 17.5. The second kappa shape index (κ2) is 9.54. The Kier molecular flexibility index (Phi) is 6.39. The van der Waals surface area contributed by atoms with Gasteiger partial charge in [-0.2, -0.15) is 5.26 Å². The summed E-state index contributed by atoms with van der Waals surface area (Å²) in [6, 6.07) is 28.3. The largest absolute Gasteiger partial charge is 0.350 e. The molecule has 0 fully saturated rings. The number of nitriles is 1. The molecule has 4 aromatic rings. The van der Waals surface area contributed by atoms with Crippen LogP contribution in [0.1, 0.15) is 21.8 Å². The van der Waals surface area contributed by atoms with Crippen molar-refractivity contribution in [2.75, 3.05) is 12.8 Å². The highest BCUT2D eigenvalue weighted by Gasteiger charge is 2.24. The molecule has 0 aliphatic carbocycles. The number of fused-ring (bicyclic) bond motifs is 1. The number of hydrogen-bond acceptors (Lipinski definition) is 4. The van der Waals surface area contributed by atoms with Crippen LogP contribution in [0, 0.1) is 11.3 Å². The van der Waals surface area contributed by atoms with E-state index in [-0.39, 0.29) is 12.5 Å². The molecule has 3 aromatic carbocycles. The number of nitrogens with one attached hydrogen (secondary N) is 1. The number of carbonyl (C=O) groups excluding carboxylic acids is 1. The van der Waals surface area contributed by atoms with Crippen LogP contribution in [0.4, 0.5) is 0 Å². The molecule has 0 aliphatic heterocycles. The van der Waals surface area contributed by atoms with Crippen LogP contribution in [-0.4, -0.2) is 27.9 Å². The number of pyridine rings is 1. The van der Waals surface area contributed by atoms with E-state index in [1.807, 2.05) is 78.9 Å². The Morgan fingerprint density at radius 2 is 1.62 bits per heavy atom. The Balaban J connectivity index is 1.80. The Bertz CT molecular complexity index is 1330. The zero-order chi connectivity index (χ0) is 22.5. The number of carbonyl (C=O) groups is 1. The van der Waals surface area contributed by atoms with Gasteiger partial charge in [0.05, 0.1) is 44.5 Å². The van der Waals surface area contributed by atoms with Crippen molar-refractivity contribution in [2.45, 2.75) is 10.8 Å². The van der Waals surface area contributed by atoms with Gasteiger partial charge in [-0.15, -0.1) is 0 Å². The van der Waals surface area contributed by atoms with Crippen molar-refractivity contribution in [3.05, 3.63) is 96.1 Å². The lowest BCUT2D eigenvalue weighted by Crippen LogP contribution is -2.29. The highest BCUT2D eigenvalue weighted by atomic mass is 32.2. The molecule has 0 bridgehead atoms. The Hall–Kier alpha value is -3.82. The Labute approximate surface area is 189 Å². The first-order valence-electron chi connectivity index (χ1n) is 10.1. The van der Waals surface area contributed by atoms with Gasteiger partial charge in [0, 0.05) is 23.8 Å². The van der Waals surface area contributed by atoms with Gasteiger partial charge in [0.25, 0.3) is 5.91 Å². The van der Waals surface area contributed by atoms with E-state index in [0.29, 0.717) is 27.1 Å². The zero-order valence-corrected chi connectivity index (χ0v) is 18.3. The van der Waals surface area contributed by atoms with Gasteiger partial charge in [-0.1, -0.05) is 78.9 Å². The quantitative estimate of drug-likeness (QED) is 0.473. The third-order valence-electron chi connectivity index (χ3n) is 5.23. The molecule has 5 nitrogen and oxygen atoms in total. The van der Waals surface area contributed by atoms with Crippen LogP contribution in [-0.2, 0) is 10.8 Å². The summed E-state index contributed by atoms with van der Waals surface area (Å²) in [4.78, 5) is 18.6. The summed E-state index contributed by atoms with van der Waals surface area (Å²) in [7, 11) is -1.47. The fourth-order valence-corrected chi connectivity index (χ4v) is 4.62. The fourth-order valence-electron chi connectivity index (χ4n) is 3.70. The maximum Gasteiger partial charge on any atom is 0.253 e. The summed E-state index contributed by atoms with van der Waals surface area (Å²) >= 11 is 0. The van der Waals surface area contributed by atoms with Crippen molar-refractivity contribution >= 4 is 27.6 Å². The van der Waals surface area contributed by atoms with Crippen molar-refractivity contribution in [3.63, 3.8) is 0 Å². The van der Waals surface area contributed by atoms with Gasteiger partial charge in [0.15, 0.2) is 0 Å². The van der Waals surface area contributed by atoms with E-state index in [2.05, 4.69) is 11.4 Å². The minimum absolute atomic E-state index is 0.145. The summed E-state index contributed by atoms with van der Waals surface area (Å²) in [6.07, 6.45) is 1.55. The molecular formula is C26H21N3O2S. The summed E-state index contributed by atoms with van der Waals surface area (Å²) in [5, 5.41) is 13.1. The predicted molar refractivity (Wildman–Crippen MR) is 127 cm³/mol. The molecule has 0 saturated carbocycles. The first-order chi connectivity index (χ1) is 15.6. The maximum absolute atomic E-state index is 13.4. The van der Waals surface area contributed by atoms with Gasteiger partial charge >= 0.3 is 0 Å². The minimum Gasteiger partial charge on any atom is -0.350 e. The van der Waals surface area contributed by atoms with Crippen LogP contribution < -0.4 is 5.32 Å². The van der Waals surface area contributed by atoms with E-state index in [1.54, 1.807) is 12.3 Å². The first-order valence-corrected chi connectivity index (χ1v) is 11.7. The lowest BCUT2D eigenvalue weighted by atomic mass is 10.00. The summed E-state index contributed by atoms with van der Waals surface area (Å²) in [5.41, 5.74) is 3.12. The number of aromatic nitrogens is 1. The van der Waals surface area contributed by atoms with Crippen LogP contribution in [0.2, 0.25) is 0 Å². The number of benzene rings is 3. The van der Waals surface area contributed by atoms with E-state index in [1.165, 1.54) is 0 Å². The molecule has 4 rings (SSSR count). The van der Waals surface area contributed by atoms with Gasteiger partial charge in [0.2, 0.25) is 0 Å². The molecule has 1 heterocycles. The molecule has 32 heavy (non-hydrogen) atoms. The van der Waals surface area contributed by atoms with Crippen molar-refractivity contribution in [1.82, 2.24) is 10.3 Å². The minimum atomic E-state index is -1.47. The monoisotopic (exact) mass is 439 g/mol. The average Bonchev–Trinajstić information content (AvgIpc) is 2.84. The molecule has 1 N–H and O–H groups in total. The topological polar surface area (TPSA) is 82.8 Å². The molecule has 0 radical (unpaired) electrons. The molecule has 1 aromatic heterocycles. The fraction of sp³-hybridized carbons (Fsp3) is 0.115. The van der Waals surface area contributed by atoms with E-state index < -0.39 is 16.7 Å². The average molecular weight is 440 g/mol. The van der Waals surface area contributed by atoms with Crippen molar-refractivity contribution in [3.8, 4) is 17.3 Å². The van der Waals surface area contributed by atoms with E-state index in [0.717, 1.165) is 11.1 Å². The van der Waals surface area contributed by atoms with Gasteiger partial charge in [-0.25, -0.2) is 4.98 Å². The molecule has 0 aliphatic rings. The molecule has 2 unspecified atom stereocenters. The highest BCUT2D eigenvalue weighted by molar-refractivity contribution is 7.84.